The van der Waals surface area contributed by atoms with Gasteiger partial charge in [0, 0.05) is 6.54 Å². The zero-order valence-electron chi connectivity index (χ0n) is 17.9. The van der Waals surface area contributed by atoms with E-state index in [1.54, 1.807) is 0 Å². The van der Waals surface area contributed by atoms with Crippen molar-refractivity contribution in [3.05, 3.63) is 0 Å². The molecule has 34 heavy (non-hydrogen) atoms. The van der Waals surface area contributed by atoms with Crippen molar-refractivity contribution in [2.24, 2.45) is 5.92 Å². The fourth-order valence-corrected chi connectivity index (χ4v) is 5.26. The van der Waals surface area contributed by atoms with Gasteiger partial charge in [-0.2, -0.15) is 26.3 Å². The van der Waals surface area contributed by atoms with Gasteiger partial charge in [0.15, 0.2) is 0 Å². The highest BCUT2D eigenvalue weighted by atomic mass is 32.2. The lowest BCUT2D eigenvalue weighted by atomic mass is 9.82. The van der Waals surface area contributed by atoms with Crippen molar-refractivity contribution in [2.45, 2.75) is 56.3 Å². The molecule has 18 heteroatoms. The molecule has 1 N–H and O–H groups in total. The number of sulfonamides is 1. The molecule has 1 heterocycles. The van der Waals surface area contributed by atoms with Crippen LogP contribution in [0.4, 0.5) is 39.5 Å². The topological polar surface area (TPSA) is 90.9 Å². The molecule has 7 nitrogen and oxygen atoms in total. The lowest BCUT2D eigenvalue weighted by Gasteiger charge is -2.33. The van der Waals surface area contributed by atoms with Gasteiger partial charge >= 0.3 is 20.2 Å². The van der Waals surface area contributed by atoms with Gasteiger partial charge in [0.2, 0.25) is 21.4 Å². The molecule has 0 bridgehead atoms. The molecule has 1 rings (SSSR count). The molecule has 3 atom stereocenters. The van der Waals surface area contributed by atoms with E-state index in [4.69, 9.17) is 4.52 Å². The molecule has 0 aliphatic carbocycles. The van der Waals surface area contributed by atoms with Crippen LogP contribution >= 0.6 is 7.82 Å². The van der Waals surface area contributed by atoms with Crippen LogP contribution in [0.25, 0.3) is 0 Å². The second-order valence-electron chi connectivity index (χ2n) is 7.87. The average molecular weight is 561 g/mol. The van der Waals surface area contributed by atoms with Crippen molar-refractivity contribution >= 4 is 17.8 Å². The molecule has 0 aromatic carbocycles. The molecular formula is C16H25F9NO6PS. The largest absolute Gasteiger partial charge is 0.474 e. The van der Waals surface area contributed by atoms with Crippen LogP contribution in [0.2, 0.25) is 0 Å². The fraction of sp³-hybridized carbons (Fsp3) is 1.00. The third-order valence-corrected chi connectivity index (χ3v) is 7.84. The highest BCUT2D eigenvalue weighted by molar-refractivity contribution is 7.89. The second kappa shape index (κ2) is 11.6. The summed E-state index contributed by atoms with van der Waals surface area (Å²) in [6.07, 6.45) is -16.1. The molecule has 1 aliphatic heterocycles. The third kappa shape index (κ3) is 9.45. The summed E-state index contributed by atoms with van der Waals surface area (Å²) in [5, 5.41) is 0. The number of nitrogens with one attached hydrogen (secondary N) is 1. The van der Waals surface area contributed by atoms with Gasteiger partial charge in [0.05, 0.1) is 25.6 Å². The van der Waals surface area contributed by atoms with E-state index in [0.717, 1.165) is 0 Å². The highest BCUT2D eigenvalue weighted by Gasteiger charge is 2.59. The Kier molecular flexibility index (Phi) is 10.7. The maximum atomic E-state index is 14.1. The lowest BCUT2D eigenvalue weighted by molar-refractivity contribution is -0.248. The number of hydrogen-bond donors (Lipinski definition) is 1. The molecule has 0 radical (unpaired) electrons. The van der Waals surface area contributed by atoms with Crippen LogP contribution in [0.5, 0.6) is 0 Å². The monoisotopic (exact) mass is 561 g/mol. The lowest BCUT2D eigenvalue weighted by Crippen LogP contribution is -2.46. The Bertz CT molecular complexity index is 798. The first kappa shape index (κ1) is 31.4. The smallest absolute Gasteiger partial charge is 0.285 e. The van der Waals surface area contributed by atoms with E-state index in [-0.39, 0.29) is 20.1 Å². The Hall–Kier alpha value is -0.610. The molecule has 0 spiro atoms. The van der Waals surface area contributed by atoms with E-state index >= 15 is 0 Å². The minimum absolute atomic E-state index is 0.00729. The fourth-order valence-electron chi connectivity index (χ4n) is 3.04. The molecule has 0 saturated carbocycles. The summed E-state index contributed by atoms with van der Waals surface area (Å²) < 4.78 is 170. The van der Waals surface area contributed by atoms with E-state index in [1.807, 2.05) is 4.72 Å². The van der Waals surface area contributed by atoms with Crippen molar-refractivity contribution < 1.29 is 66.1 Å². The minimum atomic E-state index is -5.77. The summed E-state index contributed by atoms with van der Waals surface area (Å²) in [6.45, 7) is -3.41. The van der Waals surface area contributed by atoms with Crippen LogP contribution in [0.1, 0.15) is 32.6 Å². The van der Waals surface area contributed by atoms with Gasteiger partial charge in [0.25, 0.3) is 0 Å². The first-order valence-electron chi connectivity index (χ1n) is 9.84. The number of halogens is 9. The van der Waals surface area contributed by atoms with Crippen LogP contribution in [0.3, 0.4) is 0 Å². The van der Waals surface area contributed by atoms with Crippen molar-refractivity contribution in [2.75, 3.05) is 38.8 Å². The Morgan fingerprint density at radius 1 is 1.00 bits per heavy atom. The van der Waals surface area contributed by atoms with Crippen molar-refractivity contribution in [3.63, 3.8) is 0 Å². The molecule has 0 aromatic rings. The van der Waals surface area contributed by atoms with E-state index < -0.39 is 98.7 Å². The van der Waals surface area contributed by atoms with Crippen LogP contribution in [0.15, 0.2) is 0 Å². The SMILES string of the molecule is CC(F)(CC(CCCS(=O)(=O)NCCOP1(=O)OCCO1)CC(F)(CF)C(F)(F)F)C(F)(F)F. The third-order valence-electron chi connectivity index (χ3n) is 4.88. The summed E-state index contributed by atoms with van der Waals surface area (Å²) in [6, 6.07) is 0. The van der Waals surface area contributed by atoms with Crippen LogP contribution in [0, 0.1) is 5.92 Å². The van der Waals surface area contributed by atoms with Crippen molar-refractivity contribution in [1.29, 1.82) is 0 Å². The van der Waals surface area contributed by atoms with Gasteiger partial charge in [0.1, 0.15) is 6.67 Å². The van der Waals surface area contributed by atoms with Gasteiger partial charge in [-0.05, 0) is 38.5 Å². The van der Waals surface area contributed by atoms with E-state index in [0.29, 0.717) is 0 Å². The highest BCUT2D eigenvalue weighted by Crippen LogP contribution is 2.52. The Morgan fingerprint density at radius 2 is 1.56 bits per heavy atom. The zero-order valence-corrected chi connectivity index (χ0v) is 19.6. The number of phosphoric acid groups is 1. The summed E-state index contributed by atoms with van der Waals surface area (Å²) in [5.74, 6) is -2.82. The Balaban J connectivity index is 2.72. The van der Waals surface area contributed by atoms with Gasteiger partial charge in [-0.15, -0.1) is 0 Å². The zero-order chi connectivity index (χ0) is 26.5. The minimum Gasteiger partial charge on any atom is -0.285 e. The Labute approximate surface area is 190 Å². The first-order chi connectivity index (χ1) is 15.3. The van der Waals surface area contributed by atoms with Gasteiger partial charge in [-0.3, -0.25) is 13.6 Å². The number of hydrogen-bond acceptors (Lipinski definition) is 6. The predicted molar refractivity (Wildman–Crippen MR) is 101 cm³/mol. The van der Waals surface area contributed by atoms with Crippen molar-refractivity contribution in [1.82, 2.24) is 4.72 Å². The number of alkyl halides is 9. The molecule has 204 valence electrons. The first-order valence-corrected chi connectivity index (χ1v) is 13.0. The standard InChI is InChI=1S/C16H25F9NO6PS/c1-13(18,15(20,21)22)9-12(10-14(19,11-17)16(23,24)25)3-2-8-34(28,29)26-4-5-30-33(27)31-6-7-32-33/h12,26H,2-11H2,1H3. The molecule has 0 amide bonds. The Morgan fingerprint density at radius 3 is 2.03 bits per heavy atom. The summed E-state index contributed by atoms with van der Waals surface area (Å²) in [7, 11) is -7.93. The second-order valence-corrected chi connectivity index (χ2v) is 11.5. The van der Waals surface area contributed by atoms with Crippen LogP contribution in [-0.4, -0.2) is 70.9 Å². The molecule has 3 unspecified atom stereocenters. The molecule has 1 fully saturated rings. The number of rotatable bonds is 14. The molecule has 0 aromatic heterocycles. The maximum absolute atomic E-state index is 14.1. The van der Waals surface area contributed by atoms with Crippen molar-refractivity contribution in [3.8, 4) is 0 Å². The molecule has 1 aliphatic rings. The maximum Gasteiger partial charge on any atom is 0.474 e. The van der Waals surface area contributed by atoms with Gasteiger partial charge in [-0.1, -0.05) is 0 Å². The summed E-state index contributed by atoms with van der Waals surface area (Å²) in [4.78, 5) is 0. The normalized spacial score (nSPS) is 21.7. The average Bonchev–Trinajstić information content (AvgIpc) is 3.09. The van der Waals surface area contributed by atoms with Crippen LogP contribution in [-0.2, 0) is 28.2 Å². The van der Waals surface area contributed by atoms with Gasteiger partial charge in [-0.25, -0.2) is 30.9 Å². The quantitative estimate of drug-likeness (QED) is 0.187. The number of phosphoric ester groups is 1. The van der Waals surface area contributed by atoms with E-state index in [9.17, 15) is 52.5 Å². The van der Waals surface area contributed by atoms with E-state index in [2.05, 4.69) is 9.05 Å². The molecular weight excluding hydrogens is 536 g/mol. The van der Waals surface area contributed by atoms with Crippen LogP contribution < -0.4 is 4.72 Å². The molecule has 1 saturated heterocycles. The van der Waals surface area contributed by atoms with E-state index in [1.165, 1.54) is 0 Å². The summed E-state index contributed by atoms with van der Waals surface area (Å²) in [5.41, 5.74) is -8.54. The summed E-state index contributed by atoms with van der Waals surface area (Å²) >= 11 is 0. The predicted octanol–water partition coefficient (Wildman–Crippen LogP) is 4.78. The van der Waals surface area contributed by atoms with Gasteiger partial charge < -0.3 is 0 Å².